The van der Waals surface area contributed by atoms with Crippen molar-refractivity contribution >= 4 is 5.97 Å². The number of fused-ring (bicyclic) bond motifs is 1. The number of pyridine rings is 1. The standard InChI is InChI=1S/C20H22N2O4/c1-13-5-3-4-6-16(13)20(23)26-18-14(2)21-11-15-12-25-19(17(15)18)22-7-9-24-10-8-22/h3-6,11,19H,7-10,12H2,1-2H3. The molecule has 1 atom stereocenters. The second-order valence-electron chi connectivity index (χ2n) is 6.63. The molecule has 0 N–H and O–H groups in total. The molecule has 6 heteroatoms. The topological polar surface area (TPSA) is 60.9 Å². The molecule has 0 spiro atoms. The molecule has 1 fully saturated rings. The lowest BCUT2D eigenvalue weighted by Crippen LogP contribution is -2.39. The zero-order chi connectivity index (χ0) is 18.1. The van der Waals surface area contributed by atoms with Crippen LogP contribution in [0.2, 0.25) is 0 Å². The fraction of sp³-hybridized carbons (Fsp3) is 0.400. The van der Waals surface area contributed by atoms with Gasteiger partial charge >= 0.3 is 5.97 Å². The third kappa shape index (κ3) is 3.11. The van der Waals surface area contributed by atoms with E-state index in [4.69, 9.17) is 14.2 Å². The molecular formula is C20H22N2O4. The van der Waals surface area contributed by atoms with Gasteiger partial charge in [-0.25, -0.2) is 4.79 Å². The predicted octanol–water partition coefficient (Wildman–Crippen LogP) is 2.78. The van der Waals surface area contributed by atoms with E-state index in [2.05, 4.69) is 9.88 Å². The van der Waals surface area contributed by atoms with Crippen LogP contribution in [-0.2, 0) is 16.1 Å². The number of aromatic nitrogens is 1. The zero-order valence-corrected chi connectivity index (χ0v) is 15.0. The van der Waals surface area contributed by atoms with Crippen LogP contribution in [0.1, 0.15) is 39.0 Å². The number of carbonyl (C=O) groups is 1. The van der Waals surface area contributed by atoms with Gasteiger partial charge in [-0.3, -0.25) is 9.88 Å². The summed E-state index contributed by atoms with van der Waals surface area (Å²) in [6, 6.07) is 7.42. The van der Waals surface area contributed by atoms with Crippen molar-refractivity contribution in [2.24, 2.45) is 0 Å². The van der Waals surface area contributed by atoms with Crippen LogP contribution < -0.4 is 4.74 Å². The first kappa shape index (κ1) is 17.1. The number of ether oxygens (including phenoxy) is 3. The Morgan fingerprint density at radius 2 is 2.00 bits per heavy atom. The Morgan fingerprint density at radius 3 is 2.77 bits per heavy atom. The van der Waals surface area contributed by atoms with E-state index in [0.29, 0.717) is 36.8 Å². The molecule has 1 aromatic carbocycles. The molecule has 0 aliphatic carbocycles. The number of nitrogens with zero attached hydrogens (tertiary/aromatic N) is 2. The maximum Gasteiger partial charge on any atom is 0.343 e. The Balaban J connectivity index is 1.68. The SMILES string of the molecule is Cc1ccccc1C(=O)Oc1c(C)ncc2c1C(N1CCOCC1)OC2. The third-order valence-corrected chi connectivity index (χ3v) is 4.91. The molecule has 1 unspecified atom stereocenters. The molecule has 1 aromatic heterocycles. The Morgan fingerprint density at radius 1 is 1.23 bits per heavy atom. The van der Waals surface area contributed by atoms with Crippen LogP contribution in [0.15, 0.2) is 30.5 Å². The van der Waals surface area contributed by atoms with Gasteiger partial charge in [-0.15, -0.1) is 0 Å². The number of benzene rings is 1. The van der Waals surface area contributed by atoms with E-state index in [1.807, 2.05) is 38.2 Å². The number of morpholine rings is 1. The fourth-order valence-corrected chi connectivity index (χ4v) is 3.46. The molecule has 3 heterocycles. The van der Waals surface area contributed by atoms with Gasteiger partial charge in [0.1, 0.15) is 6.23 Å². The van der Waals surface area contributed by atoms with Crippen molar-refractivity contribution in [2.45, 2.75) is 26.7 Å². The summed E-state index contributed by atoms with van der Waals surface area (Å²) >= 11 is 0. The first-order valence-electron chi connectivity index (χ1n) is 8.84. The van der Waals surface area contributed by atoms with Crippen molar-refractivity contribution in [3.05, 3.63) is 58.4 Å². The summed E-state index contributed by atoms with van der Waals surface area (Å²) in [7, 11) is 0. The van der Waals surface area contributed by atoms with Gasteiger partial charge in [-0.2, -0.15) is 0 Å². The Kier molecular flexibility index (Phi) is 4.72. The lowest BCUT2D eigenvalue weighted by molar-refractivity contribution is -0.0918. The van der Waals surface area contributed by atoms with Crippen LogP contribution >= 0.6 is 0 Å². The van der Waals surface area contributed by atoms with Gasteiger partial charge in [0.15, 0.2) is 5.75 Å². The molecule has 0 bridgehead atoms. The summed E-state index contributed by atoms with van der Waals surface area (Å²) in [6.45, 7) is 7.16. The van der Waals surface area contributed by atoms with E-state index >= 15 is 0 Å². The normalized spacial score (nSPS) is 20.0. The average Bonchev–Trinajstić information content (AvgIpc) is 3.09. The Hall–Kier alpha value is -2.28. The molecule has 4 rings (SSSR count). The minimum Gasteiger partial charge on any atom is -0.421 e. The van der Waals surface area contributed by atoms with Crippen LogP contribution in [0, 0.1) is 13.8 Å². The molecule has 26 heavy (non-hydrogen) atoms. The van der Waals surface area contributed by atoms with Gasteiger partial charge in [0.2, 0.25) is 0 Å². The van der Waals surface area contributed by atoms with Crippen molar-refractivity contribution in [2.75, 3.05) is 26.3 Å². The molecule has 2 aliphatic heterocycles. The maximum absolute atomic E-state index is 12.7. The zero-order valence-electron chi connectivity index (χ0n) is 15.0. The van der Waals surface area contributed by atoms with Crippen LogP contribution in [0.25, 0.3) is 0 Å². The molecule has 0 radical (unpaired) electrons. The Bertz CT molecular complexity index is 831. The number of aryl methyl sites for hydroxylation is 2. The summed E-state index contributed by atoms with van der Waals surface area (Å²) < 4.78 is 17.3. The molecule has 0 saturated carbocycles. The summed E-state index contributed by atoms with van der Waals surface area (Å²) in [5.74, 6) is 0.152. The number of hydrogen-bond acceptors (Lipinski definition) is 6. The number of hydrogen-bond donors (Lipinski definition) is 0. The van der Waals surface area contributed by atoms with Crippen LogP contribution in [0.3, 0.4) is 0 Å². The predicted molar refractivity (Wildman–Crippen MR) is 95.0 cm³/mol. The highest BCUT2D eigenvalue weighted by Crippen LogP contribution is 2.41. The molecule has 1 saturated heterocycles. The number of carbonyl (C=O) groups excluding carboxylic acids is 1. The smallest absolute Gasteiger partial charge is 0.343 e. The van der Waals surface area contributed by atoms with Crippen molar-refractivity contribution in [3.63, 3.8) is 0 Å². The highest BCUT2D eigenvalue weighted by Gasteiger charge is 2.35. The van der Waals surface area contributed by atoms with E-state index in [1.165, 1.54) is 0 Å². The van der Waals surface area contributed by atoms with Crippen LogP contribution in [0.4, 0.5) is 0 Å². The minimum atomic E-state index is -0.367. The first-order chi connectivity index (χ1) is 12.6. The lowest BCUT2D eigenvalue weighted by Gasteiger charge is -2.32. The molecule has 2 aliphatic rings. The van der Waals surface area contributed by atoms with Gasteiger partial charge < -0.3 is 14.2 Å². The second-order valence-corrected chi connectivity index (χ2v) is 6.63. The van der Waals surface area contributed by atoms with Crippen molar-refractivity contribution < 1.29 is 19.0 Å². The molecule has 2 aromatic rings. The van der Waals surface area contributed by atoms with Gasteiger partial charge in [0.25, 0.3) is 0 Å². The van der Waals surface area contributed by atoms with E-state index in [-0.39, 0.29) is 12.2 Å². The lowest BCUT2D eigenvalue weighted by atomic mass is 10.1. The van der Waals surface area contributed by atoms with Gasteiger partial charge in [0.05, 0.1) is 31.1 Å². The van der Waals surface area contributed by atoms with E-state index in [1.54, 1.807) is 6.07 Å². The molecule has 136 valence electrons. The van der Waals surface area contributed by atoms with Crippen LogP contribution in [-0.4, -0.2) is 42.2 Å². The van der Waals surface area contributed by atoms with Gasteiger partial charge in [-0.05, 0) is 25.5 Å². The highest BCUT2D eigenvalue weighted by molar-refractivity contribution is 5.92. The number of esters is 1. The first-order valence-corrected chi connectivity index (χ1v) is 8.84. The molecule has 0 amide bonds. The summed E-state index contributed by atoms with van der Waals surface area (Å²) in [5.41, 5.74) is 4.03. The monoisotopic (exact) mass is 354 g/mol. The van der Waals surface area contributed by atoms with E-state index in [9.17, 15) is 4.79 Å². The summed E-state index contributed by atoms with van der Waals surface area (Å²) in [6.07, 6.45) is 1.59. The minimum absolute atomic E-state index is 0.227. The highest BCUT2D eigenvalue weighted by atomic mass is 16.5. The second kappa shape index (κ2) is 7.15. The Labute approximate surface area is 152 Å². The van der Waals surface area contributed by atoms with Gasteiger partial charge in [-0.1, -0.05) is 18.2 Å². The summed E-state index contributed by atoms with van der Waals surface area (Å²) in [4.78, 5) is 19.4. The molecular weight excluding hydrogens is 332 g/mol. The number of rotatable bonds is 3. The van der Waals surface area contributed by atoms with E-state index < -0.39 is 0 Å². The van der Waals surface area contributed by atoms with E-state index in [0.717, 1.165) is 29.8 Å². The summed E-state index contributed by atoms with van der Waals surface area (Å²) in [5, 5.41) is 0. The van der Waals surface area contributed by atoms with Gasteiger partial charge in [0, 0.05) is 30.4 Å². The van der Waals surface area contributed by atoms with Crippen molar-refractivity contribution in [1.29, 1.82) is 0 Å². The average molecular weight is 354 g/mol. The van der Waals surface area contributed by atoms with Crippen molar-refractivity contribution in [3.8, 4) is 5.75 Å². The maximum atomic E-state index is 12.7. The molecule has 6 nitrogen and oxygen atoms in total. The third-order valence-electron chi connectivity index (χ3n) is 4.91. The largest absolute Gasteiger partial charge is 0.421 e. The fourth-order valence-electron chi connectivity index (χ4n) is 3.46. The van der Waals surface area contributed by atoms with Crippen LogP contribution in [0.5, 0.6) is 5.75 Å². The van der Waals surface area contributed by atoms with Crippen molar-refractivity contribution in [1.82, 2.24) is 9.88 Å². The quantitative estimate of drug-likeness (QED) is 0.790.